The molecule has 0 aliphatic carbocycles. The highest BCUT2D eigenvalue weighted by molar-refractivity contribution is 6.05. The molecule has 0 fully saturated rings. The van der Waals surface area contributed by atoms with Crippen molar-refractivity contribution in [3.8, 4) is 0 Å². The second-order valence-corrected chi connectivity index (χ2v) is 6.32. The maximum Gasteiger partial charge on any atom is 0.323 e. The number of hydrogen-bond acceptors (Lipinski definition) is 3. The van der Waals surface area contributed by atoms with Crippen molar-refractivity contribution in [1.82, 2.24) is 4.98 Å². The largest absolute Gasteiger partial charge is 0.374 e. The lowest BCUT2D eigenvalue weighted by molar-refractivity contribution is 0.262. The lowest BCUT2D eigenvalue weighted by Gasteiger charge is -2.27. The van der Waals surface area contributed by atoms with Gasteiger partial charge in [0.2, 0.25) is 0 Å². The number of para-hydroxylation sites is 1. The average molecular weight is 332 g/mol. The van der Waals surface area contributed by atoms with E-state index in [1.54, 1.807) is 6.20 Å². The van der Waals surface area contributed by atoms with E-state index in [1.807, 2.05) is 36.4 Å². The van der Waals surface area contributed by atoms with Crippen molar-refractivity contribution in [3.05, 3.63) is 60.3 Å². The minimum Gasteiger partial charge on any atom is -0.374 e. The zero-order valence-electron chi connectivity index (χ0n) is 14.1. The molecule has 1 aliphatic rings. The van der Waals surface area contributed by atoms with Gasteiger partial charge in [-0.2, -0.15) is 0 Å². The lowest BCUT2D eigenvalue weighted by atomic mass is 10.0. The predicted octanol–water partition coefficient (Wildman–Crippen LogP) is 4.26. The van der Waals surface area contributed by atoms with Gasteiger partial charge in [-0.1, -0.05) is 18.2 Å². The molecule has 0 spiro atoms. The molecule has 0 saturated carbocycles. The summed E-state index contributed by atoms with van der Waals surface area (Å²) in [4.78, 5) is 19.0. The molecule has 4 rings (SSSR count). The number of anilines is 3. The summed E-state index contributed by atoms with van der Waals surface area (Å²) in [5.74, 6) is 0. The van der Waals surface area contributed by atoms with Crippen LogP contribution in [0.15, 0.2) is 54.7 Å². The summed E-state index contributed by atoms with van der Waals surface area (Å²) < 4.78 is 0. The zero-order chi connectivity index (χ0) is 17.2. The van der Waals surface area contributed by atoms with Gasteiger partial charge in [0.1, 0.15) is 0 Å². The Bertz CT molecular complexity index is 933. The maximum atomic E-state index is 12.4. The van der Waals surface area contributed by atoms with Gasteiger partial charge in [0.15, 0.2) is 0 Å². The molecule has 2 N–H and O–H groups in total. The second kappa shape index (κ2) is 6.43. The third kappa shape index (κ3) is 3.13. The Kier molecular flexibility index (Phi) is 3.98. The molecule has 1 aliphatic heterocycles. The molecule has 5 nitrogen and oxygen atoms in total. The van der Waals surface area contributed by atoms with Crippen LogP contribution in [-0.4, -0.2) is 24.6 Å². The number of amides is 2. The van der Waals surface area contributed by atoms with Crippen molar-refractivity contribution in [2.75, 3.05) is 29.1 Å². The highest BCUT2D eigenvalue weighted by Crippen LogP contribution is 2.28. The zero-order valence-corrected chi connectivity index (χ0v) is 14.1. The van der Waals surface area contributed by atoms with E-state index in [1.165, 1.54) is 11.3 Å². The number of nitrogens with one attached hydrogen (secondary N) is 2. The number of carbonyl (C=O) groups excluding carboxylic acids is 1. The third-order valence-corrected chi connectivity index (χ3v) is 4.59. The fourth-order valence-electron chi connectivity index (χ4n) is 3.35. The number of aromatic nitrogens is 1. The van der Waals surface area contributed by atoms with Crippen molar-refractivity contribution in [2.24, 2.45) is 0 Å². The van der Waals surface area contributed by atoms with Gasteiger partial charge in [0.05, 0.1) is 11.2 Å². The molecular formula is C20H20N4O. The average Bonchev–Trinajstić information content (AvgIpc) is 2.62. The molecule has 1 aromatic heterocycles. The Hall–Kier alpha value is -3.08. The number of aryl methyl sites for hydroxylation is 1. The van der Waals surface area contributed by atoms with Crippen LogP contribution < -0.4 is 15.5 Å². The molecule has 126 valence electrons. The fourth-order valence-corrected chi connectivity index (χ4v) is 3.35. The second-order valence-electron chi connectivity index (χ2n) is 6.32. The first-order valence-corrected chi connectivity index (χ1v) is 8.46. The molecular weight excluding hydrogens is 312 g/mol. The van der Waals surface area contributed by atoms with Gasteiger partial charge in [0, 0.05) is 36.6 Å². The highest BCUT2D eigenvalue weighted by atomic mass is 16.2. The summed E-state index contributed by atoms with van der Waals surface area (Å²) in [5.41, 5.74) is 4.95. The van der Waals surface area contributed by atoms with Crippen LogP contribution in [0.1, 0.15) is 12.0 Å². The van der Waals surface area contributed by atoms with Crippen LogP contribution in [0.4, 0.5) is 21.9 Å². The normalized spacial score (nSPS) is 13.4. The number of hydrogen-bond donors (Lipinski definition) is 2. The van der Waals surface area contributed by atoms with E-state index >= 15 is 0 Å². The Balaban J connectivity index is 1.52. The summed E-state index contributed by atoms with van der Waals surface area (Å²) in [6.07, 6.45) is 3.89. The molecule has 25 heavy (non-hydrogen) atoms. The van der Waals surface area contributed by atoms with E-state index < -0.39 is 0 Å². The molecule has 0 unspecified atom stereocenters. The smallest absolute Gasteiger partial charge is 0.323 e. The van der Waals surface area contributed by atoms with Gasteiger partial charge >= 0.3 is 6.03 Å². The number of nitrogens with zero attached hydrogens (tertiary/aromatic N) is 2. The molecule has 0 atom stereocenters. The summed E-state index contributed by atoms with van der Waals surface area (Å²) >= 11 is 0. The van der Waals surface area contributed by atoms with Crippen molar-refractivity contribution in [3.63, 3.8) is 0 Å². The third-order valence-electron chi connectivity index (χ3n) is 4.59. The van der Waals surface area contributed by atoms with Crippen molar-refractivity contribution in [2.45, 2.75) is 12.8 Å². The Morgan fingerprint density at radius 2 is 2.00 bits per heavy atom. The van der Waals surface area contributed by atoms with Gasteiger partial charge in [-0.3, -0.25) is 4.98 Å². The molecule has 2 amide bonds. The van der Waals surface area contributed by atoms with Crippen LogP contribution >= 0.6 is 0 Å². The first kappa shape index (κ1) is 15.4. The van der Waals surface area contributed by atoms with Crippen LogP contribution in [0.3, 0.4) is 0 Å². The topological polar surface area (TPSA) is 57.3 Å². The number of fused-ring (bicyclic) bond motifs is 2. The first-order valence-electron chi connectivity index (χ1n) is 8.46. The van der Waals surface area contributed by atoms with Crippen molar-refractivity contribution < 1.29 is 4.79 Å². The SMILES string of the molecule is CN1CCCc2cc(NC(=O)Nc3ccnc4ccccc34)ccc21. The lowest BCUT2D eigenvalue weighted by Crippen LogP contribution is -2.25. The van der Waals surface area contributed by atoms with Crippen LogP contribution in [-0.2, 0) is 6.42 Å². The quantitative estimate of drug-likeness (QED) is 0.737. The Labute approximate surface area is 146 Å². The summed E-state index contributed by atoms with van der Waals surface area (Å²) in [6.45, 7) is 1.08. The Morgan fingerprint density at radius 1 is 1.12 bits per heavy atom. The number of pyridine rings is 1. The number of benzene rings is 2. The fraction of sp³-hybridized carbons (Fsp3) is 0.200. The van der Waals surface area contributed by atoms with Gasteiger partial charge in [-0.05, 0) is 48.7 Å². The molecule has 2 heterocycles. The van der Waals surface area contributed by atoms with Crippen LogP contribution in [0, 0.1) is 0 Å². The van der Waals surface area contributed by atoms with E-state index in [0.29, 0.717) is 0 Å². The molecule has 0 saturated heterocycles. The van der Waals surface area contributed by atoms with Crippen molar-refractivity contribution >= 4 is 34.0 Å². The van der Waals surface area contributed by atoms with Crippen LogP contribution in [0.25, 0.3) is 10.9 Å². The van der Waals surface area contributed by atoms with Crippen LogP contribution in [0.5, 0.6) is 0 Å². The van der Waals surface area contributed by atoms with E-state index in [0.717, 1.165) is 41.7 Å². The summed E-state index contributed by atoms with van der Waals surface area (Å²) in [5, 5.41) is 6.78. The molecule has 0 radical (unpaired) electrons. The van der Waals surface area contributed by atoms with Crippen LogP contribution in [0.2, 0.25) is 0 Å². The van der Waals surface area contributed by atoms with E-state index in [4.69, 9.17) is 0 Å². The number of carbonyl (C=O) groups is 1. The van der Waals surface area contributed by atoms with Gasteiger partial charge in [-0.25, -0.2) is 4.79 Å². The molecule has 2 aromatic carbocycles. The highest BCUT2D eigenvalue weighted by Gasteiger charge is 2.14. The summed E-state index contributed by atoms with van der Waals surface area (Å²) in [6, 6.07) is 15.4. The van der Waals surface area contributed by atoms with Gasteiger partial charge in [-0.15, -0.1) is 0 Å². The Morgan fingerprint density at radius 3 is 2.92 bits per heavy atom. The monoisotopic (exact) mass is 332 g/mol. The molecule has 3 aromatic rings. The predicted molar refractivity (Wildman–Crippen MR) is 102 cm³/mol. The van der Waals surface area contributed by atoms with E-state index in [2.05, 4.69) is 39.7 Å². The minimum atomic E-state index is -0.250. The summed E-state index contributed by atoms with van der Waals surface area (Å²) in [7, 11) is 2.10. The minimum absolute atomic E-state index is 0.250. The molecule has 0 bridgehead atoms. The van der Waals surface area contributed by atoms with Crippen molar-refractivity contribution in [1.29, 1.82) is 0 Å². The standard InChI is InChI=1S/C20H20N4O/c1-24-12-4-5-14-13-15(8-9-19(14)24)22-20(25)23-18-10-11-21-17-7-3-2-6-16(17)18/h2-3,6-11,13H,4-5,12H2,1H3,(H2,21,22,23,25). The van der Waals surface area contributed by atoms with Gasteiger partial charge < -0.3 is 15.5 Å². The number of rotatable bonds is 2. The van der Waals surface area contributed by atoms with Gasteiger partial charge in [0.25, 0.3) is 0 Å². The number of urea groups is 1. The van der Waals surface area contributed by atoms with E-state index in [9.17, 15) is 4.79 Å². The first-order chi connectivity index (χ1) is 12.2. The van der Waals surface area contributed by atoms with E-state index in [-0.39, 0.29) is 6.03 Å². The molecule has 5 heteroatoms. The maximum absolute atomic E-state index is 12.4.